The van der Waals surface area contributed by atoms with E-state index in [1.165, 1.54) is 7.05 Å². The van der Waals surface area contributed by atoms with Gasteiger partial charge in [-0.25, -0.2) is 4.79 Å². The highest BCUT2D eigenvalue weighted by Crippen LogP contribution is 2.45. The zero-order chi connectivity index (χ0) is 25.9. The molecule has 0 heterocycles. The number of amides is 2. The van der Waals surface area contributed by atoms with Crippen LogP contribution in [0.15, 0.2) is 36.4 Å². The number of ether oxygens (including phenoxy) is 2. The van der Waals surface area contributed by atoms with Crippen molar-refractivity contribution in [2.45, 2.75) is 44.9 Å². The van der Waals surface area contributed by atoms with Gasteiger partial charge in [0.15, 0.2) is 5.78 Å². The molecule has 0 spiro atoms. The van der Waals surface area contributed by atoms with Crippen molar-refractivity contribution in [3.8, 4) is 11.1 Å². The van der Waals surface area contributed by atoms with Gasteiger partial charge in [0.1, 0.15) is 6.61 Å². The molecule has 2 aromatic carbocycles. The van der Waals surface area contributed by atoms with E-state index in [0.29, 0.717) is 50.1 Å². The van der Waals surface area contributed by atoms with Gasteiger partial charge in [-0.05, 0) is 66.1 Å². The minimum atomic E-state index is -0.534. The molecule has 0 saturated carbocycles. The van der Waals surface area contributed by atoms with Crippen molar-refractivity contribution in [2.75, 3.05) is 40.0 Å². The van der Waals surface area contributed by atoms with Crippen LogP contribution < -0.4 is 10.6 Å². The van der Waals surface area contributed by atoms with E-state index in [9.17, 15) is 14.4 Å². The van der Waals surface area contributed by atoms with E-state index in [0.717, 1.165) is 35.1 Å². The van der Waals surface area contributed by atoms with Crippen molar-refractivity contribution in [3.05, 3.63) is 58.7 Å². The Morgan fingerprint density at radius 3 is 2.28 bits per heavy atom. The number of aliphatic hydroxyl groups excluding tert-OH is 1. The SMILES string of the molecule is CCCNC(=O)c1ccc2c(c1)C(COC(=O)NC)c1cc(C(=O)CCCOCCCCO)ccc1-2. The van der Waals surface area contributed by atoms with Crippen molar-refractivity contribution >= 4 is 17.8 Å². The van der Waals surface area contributed by atoms with Gasteiger partial charge in [-0.1, -0.05) is 25.1 Å². The summed E-state index contributed by atoms with van der Waals surface area (Å²) >= 11 is 0. The summed E-state index contributed by atoms with van der Waals surface area (Å²) in [6, 6.07) is 11.2. The quantitative estimate of drug-likeness (QED) is 0.269. The Labute approximate surface area is 212 Å². The van der Waals surface area contributed by atoms with E-state index in [1.807, 2.05) is 37.3 Å². The number of alkyl carbamates (subject to hydrolysis) is 1. The Morgan fingerprint density at radius 1 is 0.944 bits per heavy atom. The van der Waals surface area contributed by atoms with E-state index < -0.39 is 6.09 Å². The first-order chi connectivity index (χ1) is 17.5. The van der Waals surface area contributed by atoms with Gasteiger partial charge in [0.2, 0.25) is 0 Å². The molecule has 0 aliphatic heterocycles. The number of hydrogen-bond donors (Lipinski definition) is 3. The number of hydrogen-bond acceptors (Lipinski definition) is 6. The Bertz CT molecular complexity index is 1070. The maximum Gasteiger partial charge on any atom is 0.406 e. The average molecular weight is 497 g/mol. The molecule has 194 valence electrons. The molecule has 0 aromatic heterocycles. The number of carbonyl (C=O) groups excluding carboxylic acids is 3. The fraction of sp³-hybridized carbons (Fsp3) is 0.464. The van der Waals surface area contributed by atoms with Crippen molar-refractivity contribution in [2.24, 2.45) is 0 Å². The maximum absolute atomic E-state index is 12.9. The number of fused-ring (bicyclic) bond motifs is 3. The van der Waals surface area contributed by atoms with Gasteiger partial charge >= 0.3 is 6.09 Å². The maximum atomic E-state index is 12.9. The molecule has 3 N–H and O–H groups in total. The normalized spacial score (nSPS) is 13.6. The van der Waals surface area contributed by atoms with Crippen molar-refractivity contribution in [1.29, 1.82) is 0 Å². The van der Waals surface area contributed by atoms with Crippen molar-refractivity contribution in [1.82, 2.24) is 10.6 Å². The van der Waals surface area contributed by atoms with Crippen LogP contribution in [-0.4, -0.2) is 62.9 Å². The molecule has 8 heteroatoms. The van der Waals surface area contributed by atoms with E-state index in [-0.39, 0.29) is 30.8 Å². The van der Waals surface area contributed by atoms with Gasteiger partial charge < -0.3 is 25.2 Å². The Morgan fingerprint density at radius 2 is 1.61 bits per heavy atom. The number of ketones is 1. The molecule has 1 unspecified atom stereocenters. The van der Waals surface area contributed by atoms with Crippen LogP contribution in [0, 0.1) is 0 Å². The number of carbonyl (C=O) groups is 3. The third-order valence-electron chi connectivity index (χ3n) is 6.24. The summed E-state index contributed by atoms with van der Waals surface area (Å²) in [6.45, 7) is 3.93. The van der Waals surface area contributed by atoms with Gasteiger partial charge in [-0.2, -0.15) is 0 Å². The second-order valence-corrected chi connectivity index (χ2v) is 8.83. The van der Waals surface area contributed by atoms with Crippen LogP contribution in [0.4, 0.5) is 4.79 Å². The summed E-state index contributed by atoms with van der Waals surface area (Å²) in [7, 11) is 1.50. The summed E-state index contributed by atoms with van der Waals surface area (Å²) in [4.78, 5) is 37.3. The van der Waals surface area contributed by atoms with Gasteiger partial charge in [0, 0.05) is 56.9 Å². The molecule has 8 nitrogen and oxygen atoms in total. The highest BCUT2D eigenvalue weighted by molar-refractivity contribution is 5.98. The lowest BCUT2D eigenvalue weighted by Gasteiger charge is -2.15. The third kappa shape index (κ3) is 6.92. The largest absolute Gasteiger partial charge is 0.449 e. The fourth-order valence-electron chi connectivity index (χ4n) is 4.32. The monoisotopic (exact) mass is 496 g/mol. The molecule has 1 atom stereocenters. The van der Waals surface area contributed by atoms with Crippen LogP contribution in [0.3, 0.4) is 0 Å². The number of aliphatic hydroxyl groups is 1. The molecule has 1 aliphatic rings. The third-order valence-corrected chi connectivity index (χ3v) is 6.24. The lowest BCUT2D eigenvalue weighted by Crippen LogP contribution is -2.24. The topological polar surface area (TPSA) is 114 Å². The van der Waals surface area contributed by atoms with Crippen LogP contribution in [-0.2, 0) is 9.47 Å². The molecule has 0 radical (unpaired) electrons. The molecular weight excluding hydrogens is 460 g/mol. The second-order valence-electron chi connectivity index (χ2n) is 8.83. The van der Waals surface area contributed by atoms with Crippen molar-refractivity contribution < 1.29 is 29.0 Å². The number of Topliss-reactive ketones (excluding diaryl/α,β-unsaturated/α-hetero) is 1. The van der Waals surface area contributed by atoms with Crippen LogP contribution >= 0.6 is 0 Å². The van der Waals surface area contributed by atoms with Crippen molar-refractivity contribution in [3.63, 3.8) is 0 Å². The second kappa shape index (κ2) is 13.8. The van der Waals surface area contributed by atoms with Gasteiger partial charge in [0.25, 0.3) is 5.91 Å². The predicted molar refractivity (Wildman–Crippen MR) is 137 cm³/mol. The summed E-state index contributed by atoms with van der Waals surface area (Å²) in [5, 5.41) is 14.2. The minimum Gasteiger partial charge on any atom is -0.449 e. The molecule has 3 rings (SSSR count). The van der Waals surface area contributed by atoms with Gasteiger partial charge in [-0.15, -0.1) is 0 Å². The molecule has 1 aliphatic carbocycles. The fourth-order valence-corrected chi connectivity index (χ4v) is 4.32. The van der Waals surface area contributed by atoms with Crippen LogP contribution in [0.2, 0.25) is 0 Å². The summed E-state index contributed by atoms with van der Waals surface area (Å²) in [5.41, 5.74) is 4.91. The smallest absolute Gasteiger partial charge is 0.406 e. The highest BCUT2D eigenvalue weighted by atomic mass is 16.5. The Balaban J connectivity index is 1.77. The minimum absolute atomic E-state index is 0.0262. The summed E-state index contributed by atoms with van der Waals surface area (Å²) < 4.78 is 10.9. The number of benzene rings is 2. The van der Waals surface area contributed by atoms with E-state index >= 15 is 0 Å². The molecular formula is C28H36N2O6. The zero-order valence-electron chi connectivity index (χ0n) is 21.1. The first kappa shape index (κ1) is 27.4. The molecule has 0 saturated heterocycles. The Hall–Kier alpha value is -3.23. The van der Waals surface area contributed by atoms with Gasteiger partial charge in [-0.3, -0.25) is 9.59 Å². The van der Waals surface area contributed by atoms with E-state index in [2.05, 4.69) is 10.6 Å². The zero-order valence-corrected chi connectivity index (χ0v) is 21.1. The highest BCUT2D eigenvalue weighted by Gasteiger charge is 2.31. The van der Waals surface area contributed by atoms with Crippen LogP contribution in [0.1, 0.15) is 76.8 Å². The lowest BCUT2D eigenvalue weighted by molar-refractivity contribution is 0.0928. The molecule has 2 aromatic rings. The Kier molecular flexibility index (Phi) is 10.5. The first-order valence-corrected chi connectivity index (χ1v) is 12.6. The first-order valence-electron chi connectivity index (χ1n) is 12.6. The van der Waals surface area contributed by atoms with E-state index in [4.69, 9.17) is 14.6 Å². The molecule has 2 amide bonds. The van der Waals surface area contributed by atoms with Crippen LogP contribution in [0.5, 0.6) is 0 Å². The number of rotatable bonds is 14. The molecule has 0 fully saturated rings. The predicted octanol–water partition coefficient (Wildman–Crippen LogP) is 4.05. The summed E-state index contributed by atoms with van der Waals surface area (Å²) in [5.74, 6) is -0.400. The number of unbranched alkanes of at least 4 members (excludes halogenated alkanes) is 1. The average Bonchev–Trinajstić information content (AvgIpc) is 3.21. The van der Waals surface area contributed by atoms with Gasteiger partial charge in [0.05, 0.1) is 0 Å². The molecule has 36 heavy (non-hydrogen) atoms. The standard InChI is InChI=1S/C28H36N2O6/c1-3-12-30-27(33)20-9-11-22-21-10-8-19(26(32)7-6-15-35-14-5-4-13-31)16-23(21)25(24(22)17-20)18-36-28(34)29-2/h8-11,16-17,25,31H,3-7,12-15,18H2,1-2H3,(H,29,34)(H,30,33). The lowest BCUT2D eigenvalue weighted by atomic mass is 9.94. The van der Waals surface area contributed by atoms with E-state index in [1.54, 1.807) is 6.07 Å². The van der Waals surface area contributed by atoms with Crippen LogP contribution in [0.25, 0.3) is 11.1 Å². The molecule has 0 bridgehead atoms. The number of nitrogens with one attached hydrogen (secondary N) is 2. The summed E-state index contributed by atoms with van der Waals surface area (Å²) in [6.07, 6.45) is 2.82.